The Hall–Kier alpha value is -2.55. The summed E-state index contributed by atoms with van der Waals surface area (Å²) in [5.74, 6) is 0. The number of halogens is 2. The lowest BCUT2D eigenvalue weighted by Gasteiger charge is -2.45. The summed E-state index contributed by atoms with van der Waals surface area (Å²) in [5.41, 5.74) is 2.66. The average Bonchev–Trinajstić information content (AvgIpc) is 2.80. The van der Waals surface area contributed by atoms with Gasteiger partial charge in [-0.2, -0.15) is 5.26 Å². The van der Waals surface area contributed by atoms with E-state index in [2.05, 4.69) is 28.0 Å². The molecular weight excluding hydrogens is 441 g/mol. The fraction of sp³-hybridized carbons (Fsp3) is 0.269. The van der Waals surface area contributed by atoms with Crippen LogP contribution in [0.4, 0.5) is 5.69 Å². The molecule has 0 aromatic heterocycles. The van der Waals surface area contributed by atoms with E-state index in [0.29, 0.717) is 22.2 Å². The van der Waals surface area contributed by atoms with Crippen LogP contribution in [0.1, 0.15) is 29.7 Å². The molecule has 0 aliphatic carbocycles. The minimum absolute atomic E-state index is 0.110. The maximum atomic E-state index is 11.2. The molecule has 1 aliphatic heterocycles. The van der Waals surface area contributed by atoms with Gasteiger partial charge in [0.1, 0.15) is 0 Å². The van der Waals surface area contributed by atoms with E-state index in [-0.39, 0.29) is 6.04 Å². The molecule has 1 saturated heterocycles. The Morgan fingerprint density at radius 2 is 1.53 bits per heavy atom. The minimum atomic E-state index is -1.03. The average molecular weight is 466 g/mol. The molecule has 2 atom stereocenters. The van der Waals surface area contributed by atoms with Crippen LogP contribution >= 0.6 is 23.2 Å². The summed E-state index contributed by atoms with van der Waals surface area (Å²) in [4.78, 5) is 4.68. The van der Waals surface area contributed by atoms with Gasteiger partial charge in [-0.1, -0.05) is 47.5 Å². The number of benzene rings is 3. The Labute approximate surface area is 199 Å². The van der Waals surface area contributed by atoms with Crippen LogP contribution in [0.2, 0.25) is 10.0 Å². The smallest absolute Gasteiger partial charge is 0.0994 e. The third-order valence-electron chi connectivity index (χ3n) is 6.04. The summed E-state index contributed by atoms with van der Waals surface area (Å²) in [5, 5.41) is 21.7. The first-order valence-electron chi connectivity index (χ1n) is 10.6. The maximum Gasteiger partial charge on any atom is 0.0994 e. The molecule has 3 aromatic rings. The second-order valence-electron chi connectivity index (χ2n) is 8.44. The zero-order valence-electron chi connectivity index (χ0n) is 17.9. The van der Waals surface area contributed by atoms with Crippen LogP contribution < -0.4 is 4.90 Å². The highest BCUT2D eigenvalue weighted by atomic mass is 35.5. The van der Waals surface area contributed by atoms with Crippen LogP contribution in [-0.4, -0.2) is 36.2 Å². The van der Waals surface area contributed by atoms with Gasteiger partial charge in [0, 0.05) is 41.9 Å². The highest BCUT2D eigenvalue weighted by Crippen LogP contribution is 2.33. The number of β-amino-alcohol motifs (C(OH)–C–C–N with tert-alkyl or cyclic N) is 1. The van der Waals surface area contributed by atoms with Gasteiger partial charge in [-0.15, -0.1) is 0 Å². The normalized spacial score (nSPS) is 18.7. The lowest BCUT2D eigenvalue weighted by Crippen LogP contribution is -2.52. The lowest BCUT2D eigenvalue weighted by molar-refractivity contribution is 0.0103. The standard InChI is InChI=1S/C26H25Cl2N3O/c1-26(32,21-6-2-19(16-29)3-7-21)18-30-14-15-31(24-12-10-23(28)11-13-24)25(17-30)20-4-8-22(27)9-5-20/h2-13,25,32H,14-15,17-18H2,1H3/t25-,26+/m0/s1. The molecule has 0 radical (unpaired) electrons. The Kier molecular flexibility index (Phi) is 6.74. The summed E-state index contributed by atoms with van der Waals surface area (Å²) in [6.07, 6.45) is 0. The number of piperazine rings is 1. The molecule has 0 unspecified atom stereocenters. The van der Waals surface area contributed by atoms with E-state index in [1.54, 1.807) is 12.1 Å². The molecule has 32 heavy (non-hydrogen) atoms. The Balaban J connectivity index is 1.57. The van der Waals surface area contributed by atoms with Crippen molar-refractivity contribution in [1.29, 1.82) is 5.26 Å². The topological polar surface area (TPSA) is 50.5 Å². The molecule has 6 heteroatoms. The molecule has 0 spiro atoms. The number of nitrogens with zero attached hydrogens (tertiary/aromatic N) is 3. The van der Waals surface area contributed by atoms with Crippen LogP contribution in [0.5, 0.6) is 0 Å². The third kappa shape index (κ3) is 5.09. The first-order valence-corrected chi connectivity index (χ1v) is 11.3. The van der Waals surface area contributed by atoms with Crippen LogP contribution in [0, 0.1) is 11.3 Å². The Morgan fingerprint density at radius 1 is 0.938 bits per heavy atom. The first kappa shape index (κ1) is 22.6. The number of nitriles is 1. The number of anilines is 1. The summed E-state index contributed by atoms with van der Waals surface area (Å²) < 4.78 is 0. The summed E-state index contributed by atoms with van der Waals surface area (Å²) in [6, 6.07) is 25.3. The first-order chi connectivity index (χ1) is 15.4. The monoisotopic (exact) mass is 465 g/mol. The summed E-state index contributed by atoms with van der Waals surface area (Å²) in [7, 11) is 0. The molecule has 0 amide bonds. The van der Waals surface area contributed by atoms with Crippen LogP contribution in [0.15, 0.2) is 72.8 Å². The molecule has 3 aromatic carbocycles. The van der Waals surface area contributed by atoms with Gasteiger partial charge in [0.05, 0.1) is 23.3 Å². The van der Waals surface area contributed by atoms with E-state index in [1.807, 2.05) is 55.5 Å². The Morgan fingerprint density at radius 3 is 2.12 bits per heavy atom. The van der Waals surface area contributed by atoms with Crippen LogP contribution in [-0.2, 0) is 5.60 Å². The predicted octanol–water partition coefficient (Wildman–Crippen LogP) is 5.64. The van der Waals surface area contributed by atoms with Gasteiger partial charge in [-0.3, -0.25) is 4.90 Å². The summed E-state index contributed by atoms with van der Waals surface area (Å²) >= 11 is 12.2. The van der Waals surface area contributed by atoms with Gasteiger partial charge in [-0.25, -0.2) is 0 Å². The van der Waals surface area contributed by atoms with E-state index in [1.165, 1.54) is 5.56 Å². The molecular formula is C26H25Cl2N3O. The summed E-state index contributed by atoms with van der Waals surface area (Å²) in [6.45, 7) is 4.73. The number of rotatable bonds is 5. The second kappa shape index (κ2) is 9.52. The molecule has 1 fully saturated rings. The van der Waals surface area contributed by atoms with E-state index in [4.69, 9.17) is 28.5 Å². The van der Waals surface area contributed by atoms with Gasteiger partial charge >= 0.3 is 0 Å². The molecule has 0 bridgehead atoms. The molecule has 1 N–H and O–H groups in total. The minimum Gasteiger partial charge on any atom is -0.384 e. The van der Waals surface area contributed by atoms with Crippen LogP contribution in [0.25, 0.3) is 0 Å². The predicted molar refractivity (Wildman–Crippen MR) is 130 cm³/mol. The number of aliphatic hydroxyl groups is 1. The van der Waals surface area contributed by atoms with Crippen molar-refractivity contribution in [2.45, 2.75) is 18.6 Å². The van der Waals surface area contributed by atoms with Gasteiger partial charge in [0.2, 0.25) is 0 Å². The fourth-order valence-electron chi connectivity index (χ4n) is 4.33. The second-order valence-corrected chi connectivity index (χ2v) is 9.31. The molecule has 4 rings (SSSR count). The van der Waals surface area contributed by atoms with Gasteiger partial charge < -0.3 is 10.0 Å². The quantitative estimate of drug-likeness (QED) is 0.529. The highest BCUT2D eigenvalue weighted by Gasteiger charge is 2.33. The lowest BCUT2D eigenvalue weighted by atomic mass is 9.93. The van der Waals surface area contributed by atoms with Crippen molar-refractivity contribution in [2.75, 3.05) is 31.1 Å². The molecule has 164 valence electrons. The zero-order chi connectivity index (χ0) is 22.7. The van der Waals surface area contributed by atoms with Crippen molar-refractivity contribution in [3.63, 3.8) is 0 Å². The van der Waals surface area contributed by atoms with Gasteiger partial charge in [-0.05, 0) is 66.6 Å². The fourth-order valence-corrected chi connectivity index (χ4v) is 4.58. The van der Waals surface area contributed by atoms with Crippen LogP contribution in [0.3, 0.4) is 0 Å². The van der Waals surface area contributed by atoms with Crippen molar-refractivity contribution < 1.29 is 5.11 Å². The highest BCUT2D eigenvalue weighted by molar-refractivity contribution is 6.30. The molecule has 0 saturated carbocycles. The molecule has 4 nitrogen and oxygen atoms in total. The van der Waals surface area contributed by atoms with Crippen molar-refractivity contribution in [3.05, 3.63) is 99.5 Å². The Bertz CT molecular complexity index is 1090. The van der Waals surface area contributed by atoms with Gasteiger partial charge in [0.25, 0.3) is 0 Å². The van der Waals surface area contributed by atoms with Crippen molar-refractivity contribution >= 4 is 28.9 Å². The zero-order valence-corrected chi connectivity index (χ0v) is 19.4. The van der Waals surface area contributed by atoms with Crippen molar-refractivity contribution in [2.24, 2.45) is 0 Å². The third-order valence-corrected chi connectivity index (χ3v) is 6.55. The van der Waals surface area contributed by atoms with E-state index in [0.717, 1.165) is 30.9 Å². The van der Waals surface area contributed by atoms with E-state index in [9.17, 15) is 5.11 Å². The SMILES string of the molecule is C[C@@](O)(CN1CCN(c2ccc(Cl)cc2)[C@H](c2ccc(Cl)cc2)C1)c1ccc(C#N)cc1. The molecule has 1 heterocycles. The molecule has 1 aliphatic rings. The largest absolute Gasteiger partial charge is 0.384 e. The number of hydrogen-bond acceptors (Lipinski definition) is 4. The maximum absolute atomic E-state index is 11.2. The van der Waals surface area contributed by atoms with E-state index >= 15 is 0 Å². The van der Waals surface area contributed by atoms with Crippen molar-refractivity contribution in [1.82, 2.24) is 4.90 Å². The van der Waals surface area contributed by atoms with E-state index < -0.39 is 5.60 Å². The number of hydrogen-bond donors (Lipinski definition) is 1. The van der Waals surface area contributed by atoms with Gasteiger partial charge in [0.15, 0.2) is 0 Å². The van der Waals surface area contributed by atoms with Crippen molar-refractivity contribution in [3.8, 4) is 6.07 Å².